The number of anilines is 2. The van der Waals surface area contributed by atoms with Crippen molar-refractivity contribution in [3.8, 4) is 0 Å². The van der Waals surface area contributed by atoms with Crippen molar-refractivity contribution >= 4 is 34.0 Å². The van der Waals surface area contributed by atoms with Gasteiger partial charge in [0.05, 0.1) is 25.0 Å². The minimum Gasteiger partial charge on any atom is -0.396 e. The molecular weight excluding hydrogens is 867 g/mol. The molecule has 356 valence electrons. The number of nitrogen functional groups attached to an aromatic ring is 2. The highest BCUT2D eigenvalue weighted by molar-refractivity contribution is 5.81. The molecule has 4 saturated carbocycles. The fourth-order valence-corrected chi connectivity index (χ4v) is 8.82. The van der Waals surface area contributed by atoms with Crippen molar-refractivity contribution in [3.63, 3.8) is 0 Å². The second-order valence-electron chi connectivity index (χ2n) is 17.5. The van der Waals surface area contributed by atoms with Gasteiger partial charge in [-0.15, -0.1) is 0 Å². The fraction of sp³-hybridized carbons (Fsp3) is 0.571. The molecule has 4 aliphatic rings. The van der Waals surface area contributed by atoms with Crippen molar-refractivity contribution in [2.24, 2.45) is 35.5 Å². The molecule has 4 aliphatic carbocycles. The summed E-state index contributed by atoms with van der Waals surface area (Å²) < 4.78 is 32.4. The van der Waals surface area contributed by atoms with E-state index in [-0.39, 0.29) is 32.5 Å². The van der Waals surface area contributed by atoms with Gasteiger partial charge in [-0.2, -0.15) is 8.78 Å². The number of halogens is 2. The molecule has 0 saturated heterocycles. The zero-order chi connectivity index (χ0) is 47.1. The van der Waals surface area contributed by atoms with Gasteiger partial charge in [0.25, 0.3) is 11.1 Å². The van der Waals surface area contributed by atoms with Crippen LogP contribution in [0.25, 0.3) is 22.3 Å². The summed E-state index contributed by atoms with van der Waals surface area (Å²) >= 11 is 0. The summed E-state index contributed by atoms with van der Waals surface area (Å²) in [7, 11) is 0. The molecule has 4 atom stereocenters. The van der Waals surface area contributed by atoms with E-state index in [2.05, 4.69) is 34.5 Å². The normalized spacial score (nSPS) is 23.6. The van der Waals surface area contributed by atoms with Crippen LogP contribution >= 0.6 is 0 Å². The van der Waals surface area contributed by atoms with E-state index >= 15 is 0 Å². The molecular formula is C42H56F2N14O8. The lowest BCUT2D eigenvalue weighted by Gasteiger charge is -2.35. The van der Waals surface area contributed by atoms with E-state index in [9.17, 15) is 28.0 Å². The Hall–Kier alpha value is -6.24. The van der Waals surface area contributed by atoms with Crippen LogP contribution < -0.4 is 34.0 Å². The lowest BCUT2D eigenvalue weighted by molar-refractivity contribution is 0.146. The van der Waals surface area contributed by atoms with E-state index in [0.717, 1.165) is 75.2 Å². The second-order valence-corrected chi connectivity index (χ2v) is 17.5. The molecule has 6 heterocycles. The standard InChI is InChI=1S/2C11H15N5O.2C10H13FN2O3/c12-10-9-11(14-5-13-10)16(6-15-9)4-8-3-7(8)1-2-17;12-10-9-11(14-5-13-10)16(6-15-9)8-3-7(4-8)1-2-17;11-8-5-13(10(16)12-9(8)15)4-7-3-6(7)1-2-14;11-8-5-13(10(16)12-9(8)15)7-3-6(4-7)1-2-14/h2*5-8,17H,1-4H2,(H2,12,13,14);2*5-7,14H,1-4H2,(H,12,15,16)/t7-,8?;;6-,7?;/m0.0./s1. The molecule has 0 spiro atoms. The summed E-state index contributed by atoms with van der Waals surface area (Å²) in [5.74, 6) is 1.98. The Bertz CT molecular complexity index is 2810. The zero-order valence-corrected chi connectivity index (χ0v) is 36.2. The molecule has 66 heavy (non-hydrogen) atoms. The number of imidazole rings is 2. The van der Waals surface area contributed by atoms with Gasteiger partial charge >= 0.3 is 11.4 Å². The Kier molecular flexibility index (Phi) is 15.5. The second kappa shape index (κ2) is 21.4. The van der Waals surface area contributed by atoms with Gasteiger partial charge in [-0.1, -0.05) is 0 Å². The number of aromatic amines is 2. The highest BCUT2D eigenvalue weighted by Crippen LogP contribution is 2.43. The largest absolute Gasteiger partial charge is 0.396 e. The van der Waals surface area contributed by atoms with Gasteiger partial charge in [0.2, 0.25) is 11.6 Å². The minimum atomic E-state index is -0.982. The number of hydrogen-bond donors (Lipinski definition) is 8. The Balaban J connectivity index is 0.000000131. The van der Waals surface area contributed by atoms with Crippen LogP contribution in [0.2, 0.25) is 0 Å². The van der Waals surface area contributed by atoms with Crippen LogP contribution in [-0.2, 0) is 13.1 Å². The van der Waals surface area contributed by atoms with Crippen LogP contribution in [0.15, 0.2) is 56.9 Å². The van der Waals surface area contributed by atoms with Gasteiger partial charge in [-0.3, -0.25) is 28.7 Å². The van der Waals surface area contributed by atoms with Crippen LogP contribution in [0.1, 0.15) is 76.3 Å². The van der Waals surface area contributed by atoms with Crippen LogP contribution in [-0.4, -0.2) is 105 Å². The third-order valence-corrected chi connectivity index (χ3v) is 13.0. The molecule has 2 unspecified atom stereocenters. The summed E-state index contributed by atoms with van der Waals surface area (Å²) in [4.78, 5) is 72.9. The van der Waals surface area contributed by atoms with E-state index in [1.807, 2.05) is 14.5 Å². The number of nitrogens with zero attached hydrogens (tertiary/aromatic N) is 10. The maximum atomic E-state index is 13.0. The first-order valence-corrected chi connectivity index (χ1v) is 22.1. The predicted molar refractivity (Wildman–Crippen MR) is 236 cm³/mol. The average Bonchev–Trinajstić information content (AvgIpc) is 4.08. The molecule has 0 aromatic carbocycles. The number of aliphatic hydroxyl groups is 4. The van der Waals surface area contributed by atoms with Gasteiger partial charge < -0.3 is 41.0 Å². The number of rotatable bonds is 14. The van der Waals surface area contributed by atoms with Crippen molar-refractivity contribution in [2.75, 3.05) is 37.9 Å². The van der Waals surface area contributed by atoms with Gasteiger partial charge in [0.1, 0.15) is 23.7 Å². The number of H-pyrrole nitrogens is 2. The summed E-state index contributed by atoms with van der Waals surface area (Å²) in [6.45, 7) is 2.12. The topological polar surface area (TPSA) is 330 Å². The number of aromatic nitrogens is 12. The molecule has 6 aromatic heterocycles. The summed E-state index contributed by atoms with van der Waals surface area (Å²) in [5.41, 5.74) is 11.3. The van der Waals surface area contributed by atoms with Crippen LogP contribution in [0.3, 0.4) is 0 Å². The van der Waals surface area contributed by atoms with E-state index in [4.69, 9.17) is 31.9 Å². The quantitative estimate of drug-likeness (QED) is 0.0752. The first-order chi connectivity index (χ1) is 31.8. The number of hydrogen-bond acceptors (Lipinski definition) is 16. The molecule has 10 rings (SSSR count). The SMILES string of the molecule is Nc1ncnc2c1ncn2C1CC(CCO)C1.Nc1ncnc2c1ncn2CC1C[C@@H]1CCO.O=c1[nH]c(=O)n(C2CC(CCO)C2)cc1F.O=c1[nH]c(=O)n(CC2C[C@@H]2CCO)cc1F. The molecule has 22 nitrogen and oxygen atoms in total. The van der Waals surface area contributed by atoms with Gasteiger partial charge in [-0.25, -0.2) is 39.5 Å². The first kappa shape index (κ1) is 47.7. The summed E-state index contributed by atoms with van der Waals surface area (Å²) in [6.07, 6.45) is 17.4. The fourth-order valence-electron chi connectivity index (χ4n) is 8.82. The van der Waals surface area contributed by atoms with Gasteiger partial charge in [0.15, 0.2) is 22.9 Å². The molecule has 0 radical (unpaired) electrons. The van der Waals surface area contributed by atoms with E-state index in [1.54, 1.807) is 12.7 Å². The molecule has 6 aromatic rings. The Morgan fingerprint density at radius 2 is 1.02 bits per heavy atom. The van der Waals surface area contributed by atoms with Crippen LogP contribution in [0, 0.1) is 47.1 Å². The molecule has 0 bridgehead atoms. The maximum Gasteiger partial charge on any atom is 0.328 e. The third kappa shape index (κ3) is 11.4. The van der Waals surface area contributed by atoms with Gasteiger partial charge in [-0.05, 0) is 99.7 Å². The van der Waals surface area contributed by atoms with Crippen molar-refractivity contribution in [1.82, 2.24) is 58.1 Å². The van der Waals surface area contributed by atoms with Crippen molar-refractivity contribution in [3.05, 3.63) is 91.0 Å². The highest BCUT2D eigenvalue weighted by Gasteiger charge is 2.38. The molecule has 0 amide bonds. The zero-order valence-electron chi connectivity index (χ0n) is 36.2. The van der Waals surface area contributed by atoms with Crippen molar-refractivity contribution < 1.29 is 29.2 Å². The van der Waals surface area contributed by atoms with Crippen LogP contribution in [0.5, 0.6) is 0 Å². The van der Waals surface area contributed by atoms with Crippen LogP contribution in [0.4, 0.5) is 20.4 Å². The van der Waals surface area contributed by atoms with E-state index < -0.39 is 34.1 Å². The lowest BCUT2D eigenvalue weighted by atomic mass is 9.78. The van der Waals surface area contributed by atoms with Gasteiger partial charge in [0, 0.05) is 51.6 Å². The monoisotopic (exact) mass is 922 g/mol. The number of nitrogens with one attached hydrogen (secondary N) is 2. The minimum absolute atomic E-state index is 0.0598. The van der Waals surface area contributed by atoms with Crippen molar-refractivity contribution in [1.29, 1.82) is 0 Å². The smallest absolute Gasteiger partial charge is 0.328 e. The number of fused-ring (bicyclic) bond motifs is 2. The Morgan fingerprint density at radius 1 is 0.545 bits per heavy atom. The van der Waals surface area contributed by atoms with E-state index in [1.165, 1.54) is 28.2 Å². The summed E-state index contributed by atoms with van der Waals surface area (Å²) in [6, 6.07) is 0.376. The Morgan fingerprint density at radius 3 is 1.58 bits per heavy atom. The van der Waals surface area contributed by atoms with E-state index in [0.29, 0.717) is 83.6 Å². The number of aliphatic hydroxyl groups excluding tert-OH is 4. The molecule has 24 heteroatoms. The van der Waals surface area contributed by atoms with Crippen molar-refractivity contribution in [2.45, 2.75) is 89.4 Å². The highest BCUT2D eigenvalue weighted by atomic mass is 19.1. The Labute approximate surface area is 374 Å². The predicted octanol–water partition coefficient (Wildman–Crippen LogP) is 0.872. The molecule has 0 aliphatic heterocycles. The first-order valence-electron chi connectivity index (χ1n) is 22.1. The summed E-state index contributed by atoms with van der Waals surface area (Å²) in [5, 5.41) is 35.2. The molecule has 10 N–H and O–H groups in total. The third-order valence-electron chi connectivity index (χ3n) is 13.0. The average molecular weight is 923 g/mol. The molecule has 4 fully saturated rings. The maximum absolute atomic E-state index is 13.0. The lowest BCUT2D eigenvalue weighted by Crippen LogP contribution is -2.38. The number of nitrogens with two attached hydrogens (primary N) is 2.